The van der Waals surface area contributed by atoms with Crippen LogP contribution in [0.1, 0.15) is 23.6 Å². The second-order valence-corrected chi connectivity index (χ2v) is 5.82. The molecule has 0 bridgehead atoms. The Hall–Kier alpha value is -2.45. The minimum absolute atomic E-state index is 0.124. The molecule has 2 rings (SSSR count). The monoisotopic (exact) mass is 297 g/mol. The van der Waals surface area contributed by atoms with Gasteiger partial charge >= 0.3 is 0 Å². The highest BCUT2D eigenvalue weighted by Gasteiger charge is 2.30. The van der Waals surface area contributed by atoms with Gasteiger partial charge in [-0.25, -0.2) is 4.85 Å². The average molecular weight is 297 g/mol. The van der Waals surface area contributed by atoms with Gasteiger partial charge < -0.3 is 5.11 Å². The Kier molecular flexibility index (Phi) is 4.43. The highest BCUT2D eigenvalue weighted by molar-refractivity contribution is 5.88. The molecule has 1 heterocycles. The van der Waals surface area contributed by atoms with E-state index < -0.39 is 5.60 Å². The number of ketones is 1. The molecule has 1 unspecified atom stereocenters. The van der Waals surface area contributed by atoms with Crippen LogP contribution in [0.25, 0.3) is 4.85 Å². The minimum Gasteiger partial charge on any atom is -0.380 e. The number of aliphatic hydroxyl groups is 1. The molecule has 22 heavy (non-hydrogen) atoms. The van der Waals surface area contributed by atoms with Crippen molar-refractivity contribution in [2.75, 3.05) is 0 Å². The molecule has 5 nitrogen and oxygen atoms in total. The largest absolute Gasteiger partial charge is 0.380 e. The van der Waals surface area contributed by atoms with Gasteiger partial charge in [-0.1, -0.05) is 18.2 Å². The fraction of sp³-hybridized carbons (Fsp3) is 0.353. The van der Waals surface area contributed by atoms with E-state index in [1.165, 1.54) is 6.92 Å². The molecule has 0 aliphatic heterocycles. The molecule has 0 aliphatic rings. The second-order valence-electron chi connectivity index (χ2n) is 5.82. The number of hydrogen-bond donors (Lipinski definition) is 1. The smallest absolute Gasteiger partial charge is 0.190 e. The summed E-state index contributed by atoms with van der Waals surface area (Å²) in [5, 5.41) is 14.5. The molecule has 0 aliphatic carbocycles. The molecule has 0 saturated heterocycles. The van der Waals surface area contributed by atoms with Crippen LogP contribution in [0.15, 0.2) is 30.6 Å². The molecule has 1 aromatic carbocycles. The average Bonchev–Trinajstić information content (AvgIpc) is 2.83. The van der Waals surface area contributed by atoms with Gasteiger partial charge in [-0.15, -0.1) is 0 Å². The summed E-state index contributed by atoms with van der Waals surface area (Å²) in [4.78, 5) is 15.8. The summed E-state index contributed by atoms with van der Waals surface area (Å²) in [6.07, 6.45) is 3.61. The molecular weight excluding hydrogens is 278 g/mol. The summed E-state index contributed by atoms with van der Waals surface area (Å²) in [5.41, 5.74) is 1.71. The van der Waals surface area contributed by atoms with E-state index in [1.807, 2.05) is 19.9 Å². The van der Waals surface area contributed by atoms with E-state index in [-0.39, 0.29) is 18.7 Å². The quantitative estimate of drug-likeness (QED) is 0.863. The van der Waals surface area contributed by atoms with E-state index in [0.717, 1.165) is 16.7 Å². The van der Waals surface area contributed by atoms with Crippen molar-refractivity contribution < 1.29 is 9.90 Å². The number of Topliss-reactive ketones (excluding diaryl/α,β-unsaturated/α-hetero) is 1. The van der Waals surface area contributed by atoms with E-state index in [0.29, 0.717) is 5.69 Å². The van der Waals surface area contributed by atoms with Crippen LogP contribution in [0.5, 0.6) is 0 Å². The normalized spacial score (nSPS) is 13.4. The fourth-order valence-electron chi connectivity index (χ4n) is 2.29. The summed E-state index contributed by atoms with van der Waals surface area (Å²) in [7, 11) is 0. The van der Waals surface area contributed by atoms with Crippen molar-refractivity contribution in [1.82, 2.24) is 9.78 Å². The lowest BCUT2D eigenvalue weighted by molar-refractivity contribution is -0.136. The summed E-state index contributed by atoms with van der Waals surface area (Å²) in [6.45, 7) is 12.4. The van der Waals surface area contributed by atoms with Gasteiger partial charge in [0.1, 0.15) is 5.60 Å². The van der Waals surface area contributed by atoms with Crippen LogP contribution in [-0.4, -0.2) is 26.3 Å². The van der Waals surface area contributed by atoms with E-state index >= 15 is 0 Å². The van der Waals surface area contributed by atoms with Crippen LogP contribution < -0.4 is 0 Å². The standard InChI is InChI=1S/C17H19N3O2/c1-12-9-19-20(10-12)11-17(3,22)16(21)8-14-5-6-15(18-4)13(2)7-14/h5-7,9-10,22H,8,11H2,1-3H3. The fourth-order valence-corrected chi connectivity index (χ4v) is 2.29. The topological polar surface area (TPSA) is 59.5 Å². The first-order valence-corrected chi connectivity index (χ1v) is 7.03. The maximum atomic E-state index is 12.4. The maximum Gasteiger partial charge on any atom is 0.190 e. The summed E-state index contributed by atoms with van der Waals surface area (Å²) in [5.74, 6) is -0.268. The van der Waals surface area contributed by atoms with Crippen LogP contribution >= 0.6 is 0 Å². The van der Waals surface area contributed by atoms with Crippen LogP contribution in [-0.2, 0) is 17.8 Å². The highest BCUT2D eigenvalue weighted by atomic mass is 16.3. The first-order chi connectivity index (χ1) is 10.3. The Labute approximate surface area is 130 Å². The third kappa shape index (κ3) is 3.60. The van der Waals surface area contributed by atoms with Crippen molar-refractivity contribution in [3.8, 4) is 0 Å². The first kappa shape index (κ1) is 15.9. The van der Waals surface area contributed by atoms with Crippen LogP contribution in [0.3, 0.4) is 0 Å². The molecule has 0 radical (unpaired) electrons. The SMILES string of the molecule is [C-]#[N+]c1ccc(CC(=O)C(C)(O)Cn2cc(C)cn2)cc1C. The van der Waals surface area contributed by atoms with Crippen molar-refractivity contribution in [2.24, 2.45) is 0 Å². The van der Waals surface area contributed by atoms with Crippen molar-refractivity contribution in [2.45, 2.75) is 39.3 Å². The Balaban J connectivity index is 2.10. The number of carbonyl (C=O) groups excluding carboxylic acids is 1. The van der Waals surface area contributed by atoms with E-state index in [9.17, 15) is 9.90 Å². The van der Waals surface area contributed by atoms with Crippen LogP contribution in [0.4, 0.5) is 5.69 Å². The molecule has 1 atom stereocenters. The second kappa shape index (κ2) is 6.12. The number of aromatic nitrogens is 2. The highest BCUT2D eigenvalue weighted by Crippen LogP contribution is 2.21. The molecule has 5 heteroatoms. The molecule has 1 N–H and O–H groups in total. The molecule has 0 spiro atoms. The van der Waals surface area contributed by atoms with Gasteiger partial charge in [0.25, 0.3) is 0 Å². The van der Waals surface area contributed by atoms with Crippen molar-refractivity contribution >= 4 is 11.5 Å². The number of carbonyl (C=O) groups is 1. The molecular formula is C17H19N3O2. The predicted molar refractivity (Wildman–Crippen MR) is 83.7 cm³/mol. The lowest BCUT2D eigenvalue weighted by Gasteiger charge is -2.22. The maximum absolute atomic E-state index is 12.4. The van der Waals surface area contributed by atoms with Crippen LogP contribution in [0.2, 0.25) is 0 Å². The molecule has 1 aromatic heterocycles. The van der Waals surface area contributed by atoms with Gasteiger partial charge in [0.15, 0.2) is 11.5 Å². The Morgan fingerprint density at radius 1 is 1.45 bits per heavy atom. The van der Waals surface area contributed by atoms with E-state index in [4.69, 9.17) is 6.57 Å². The van der Waals surface area contributed by atoms with Gasteiger partial charge in [-0.3, -0.25) is 9.48 Å². The Bertz CT molecular complexity index is 739. The molecule has 0 fully saturated rings. The number of rotatable bonds is 5. The first-order valence-electron chi connectivity index (χ1n) is 7.03. The molecule has 2 aromatic rings. The Morgan fingerprint density at radius 2 is 2.18 bits per heavy atom. The van der Waals surface area contributed by atoms with Crippen LogP contribution in [0, 0.1) is 20.4 Å². The van der Waals surface area contributed by atoms with Gasteiger partial charge in [-0.05, 0) is 37.5 Å². The van der Waals surface area contributed by atoms with Gasteiger partial charge in [0.05, 0.1) is 19.3 Å². The van der Waals surface area contributed by atoms with Gasteiger partial charge in [-0.2, -0.15) is 5.10 Å². The molecule has 0 amide bonds. The van der Waals surface area contributed by atoms with Crippen molar-refractivity contribution in [3.63, 3.8) is 0 Å². The summed E-state index contributed by atoms with van der Waals surface area (Å²) >= 11 is 0. The van der Waals surface area contributed by atoms with E-state index in [1.54, 1.807) is 29.2 Å². The van der Waals surface area contributed by atoms with E-state index in [2.05, 4.69) is 9.94 Å². The zero-order chi connectivity index (χ0) is 16.3. The molecule has 0 saturated carbocycles. The third-order valence-corrected chi connectivity index (χ3v) is 3.58. The zero-order valence-electron chi connectivity index (χ0n) is 13.0. The Morgan fingerprint density at radius 3 is 2.73 bits per heavy atom. The zero-order valence-corrected chi connectivity index (χ0v) is 13.0. The third-order valence-electron chi connectivity index (χ3n) is 3.58. The number of nitrogens with zero attached hydrogens (tertiary/aromatic N) is 3. The lowest BCUT2D eigenvalue weighted by Crippen LogP contribution is -2.40. The van der Waals surface area contributed by atoms with Crippen molar-refractivity contribution in [3.05, 3.63) is 58.7 Å². The van der Waals surface area contributed by atoms with Gasteiger partial charge in [0, 0.05) is 12.6 Å². The molecule has 114 valence electrons. The predicted octanol–water partition coefficient (Wildman–Crippen LogP) is 2.61. The number of benzene rings is 1. The van der Waals surface area contributed by atoms with Gasteiger partial charge in [0.2, 0.25) is 0 Å². The van der Waals surface area contributed by atoms with Crippen molar-refractivity contribution in [1.29, 1.82) is 0 Å². The number of hydrogen-bond acceptors (Lipinski definition) is 3. The number of aryl methyl sites for hydroxylation is 2. The summed E-state index contributed by atoms with van der Waals surface area (Å²) < 4.78 is 1.57. The minimum atomic E-state index is -1.48. The lowest BCUT2D eigenvalue weighted by atomic mass is 9.94. The summed E-state index contributed by atoms with van der Waals surface area (Å²) in [6, 6.07) is 5.28.